The highest BCUT2D eigenvalue weighted by Gasteiger charge is 2.35. The lowest BCUT2D eigenvalue weighted by Gasteiger charge is -2.12. The number of carbonyl (C=O) groups is 1. The second kappa shape index (κ2) is 5.90. The van der Waals surface area contributed by atoms with Crippen LogP contribution in [0, 0.1) is 0 Å². The number of alkyl halides is 6. The van der Waals surface area contributed by atoms with Gasteiger partial charge in [-0.1, -0.05) is 12.1 Å². The van der Waals surface area contributed by atoms with Crippen LogP contribution in [-0.2, 0) is 6.18 Å². The number of pyridine rings is 1. The molecule has 0 bridgehead atoms. The van der Waals surface area contributed by atoms with Crippen LogP contribution in [0.4, 0.5) is 26.3 Å². The highest BCUT2D eigenvalue weighted by molar-refractivity contribution is 5.77. The summed E-state index contributed by atoms with van der Waals surface area (Å²) in [5.74, 6) is -0.581. The standard InChI is InChI=1S/C14H7F6NO2/c15-13(16,17)11-5-9(6-21-12(11)7-22)8-2-1-3-10(4-8)23-14(18,19)20/h1-7H. The van der Waals surface area contributed by atoms with Gasteiger partial charge in [-0.05, 0) is 23.8 Å². The lowest BCUT2D eigenvalue weighted by Crippen LogP contribution is -2.17. The maximum absolute atomic E-state index is 12.9. The Morgan fingerprint density at radius 2 is 1.70 bits per heavy atom. The maximum atomic E-state index is 12.9. The van der Waals surface area contributed by atoms with Gasteiger partial charge in [-0.25, -0.2) is 0 Å². The molecule has 0 fully saturated rings. The van der Waals surface area contributed by atoms with Crippen LogP contribution in [0.3, 0.4) is 0 Å². The van der Waals surface area contributed by atoms with E-state index < -0.39 is 29.5 Å². The summed E-state index contributed by atoms with van der Waals surface area (Å²) in [4.78, 5) is 14.0. The highest BCUT2D eigenvalue weighted by Crippen LogP contribution is 2.34. The summed E-state index contributed by atoms with van der Waals surface area (Å²) in [6, 6.07) is 5.06. The summed E-state index contributed by atoms with van der Waals surface area (Å²) in [5, 5.41) is 0. The molecule has 0 aliphatic heterocycles. The van der Waals surface area contributed by atoms with Gasteiger partial charge >= 0.3 is 12.5 Å². The van der Waals surface area contributed by atoms with Crippen molar-refractivity contribution in [2.75, 3.05) is 0 Å². The zero-order valence-corrected chi connectivity index (χ0v) is 11.1. The van der Waals surface area contributed by atoms with Crippen molar-refractivity contribution in [3.63, 3.8) is 0 Å². The van der Waals surface area contributed by atoms with E-state index in [0.29, 0.717) is 6.07 Å². The quantitative estimate of drug-likeness (QED) is 0.613. The van der Waals surface area contributed by atoms with E-state index in [1.54, 1.807) is 0 Å². The first-order valence-electron chi connectivity index (χ1n) is 5.99. The molecule has 0 saturated heterocycles. The van der Waals surface area contributed by atoms with E-state index in [4.69, 9.17) is 0 Å². The van der Waals surface area contributed by atoms with Crippen LogP contribution in [-0.4, -0.2) is 17.6 Å². The minimum atomic E-state index is -4.92. The van der Waals surface area contributed by atoms with Crippen LogP contribution in [0.1, 0.15) is 16.1 Å². The topological polar surface area (TPSA) is 39.2 Å². The van der Waals surface area contributed by atoms with Crippen molar-refractivity contribution in [2.24, 2.45) is 0 Å². The fourth-order valence-corrected chi connectivity index (χ4v) is 1.83. The molecule has 2 rings (SSSR count). The molecular formula is C14H7F6NO2. The Balaban J connectivity index is 2.47. The minimum Gasteiger partial charge on any atom is -0.406 e. The molecule has 0 N–H and O–H groups in total. The number of rotatable bonds is 3. The number of nitrogens with zero attached hydrogens (tertiary/aromatic N) is 1. The maximum Gasteiger partial charge on any atom is 0.573 e. The van der Waals surface area contributed by atoms with Crippen molar-refractivity contribution in [1.82, 2.24) is 4.98 Å². The summed E-state index contributed by atoms with van der Waals surface area (Å²) in [6.07, 6.45) is -8.82. The SMILES string of the molecule is O=Cc1ncc(-c2cccc(OC(F)(F)F)c2)cc1C(F)(F)F. The van der Waals surface area contributed by atoms with E-state index in [0.717, 1.165) is 18.3 Å². The number of ether oxygens (including phenoxy) is 1. The average molecular weight is 335 g/mol. The molecule has 1 heterocycles. The number of hydrogen-bond donors (Lipinski definition) is 0. The van der Waals surface area contributed by atoms with E-state index in [1.807, 2.05) is 0 Å². The Hall–Kier alpha value is -2.58. The van der Waals surface area contributed by atoms with Gasteiger partial charge in [-0.15, -0.1) is 13.2 Å². The number of aldehydes is 1. The zero-order chi connectivity index (χ0) is 17.3. The number of halogens is 6. The molecule has 0 unspecified atom stereocenters. The summed E-state index contributed by atoms with van der Waals surface area (Å²) < 4.78 is 78.8. The Bertz CT molecular complexity index is 724. The molecule has 0 aliphatic carbocycles. The van der Waals surface area contributed by atoms with Crippen LogP contribution in [0.15, 0.2) is 36.5 Å². The molecule has 0 atom stereocenters. The third-order valence-electron chi connectivity index (χ3n) is 2.74. The molecule has 9 heteroatoms. The lowest BCUT2D eigenvalue weighted by atomic mass is 10.0. The predicted molar refractivity (Wildman–Crippen MR) is 66.7 cm³/mol. The molecule has 2 aromatic rings. The number of carbonyl (C=O) groups excluding carboxylic acids is 1. The fourth-order valence-electron chi connectivity index (χ4n) is 1.83. The second-order valence-electron chi connectivity index (χ2n) is 4.35. The molecule has 0 amide bonds. The predicted octanol–water partition coefficient (Wildman–Crippen LogP) is 4.48. The number of hydrogen-bond acceptors (Lipinski definition) is 3. The second-order valence-corrected chi connectivity index (χ2v) is 4.35. The normalized spacial score (nSPS) is 12.1. The van der Waals surface area contributed by atoms with Crippen LogP contribution < -0.4 is 4.74 Å². The van der Waals surface area contributed by atoms with Crippen molar-refractivity contribution < 1.29 is 35.9 Å². The molecule has 23 heavy (non-hydrogen) atoms. The van der Waals surface area contributed by atoms with Crippen LogP contribution >= 0.6 is 0 Å². The van der Waals surface area contributed by atoms with E-state index in [2.05, 4.69) is 9.72 Å². The third kappa shape index (κ3) is 4.21. The molecule has 0 saturated carbocycles. The molecule has 0 spiro atoms. The van der Waals surface area contributed by atoms with Gasteiger partial charge in [0.25, 0.3) is 0 Å². The van der Waals surface area contributed by atoms with E-state index in [-0.39, 0.29) is 17.4 Å². The first kappa shape index (κ1) is 16.8. The molecule has 1 aromatic heterocycles. The van der Waals surface area contributed by atoms with Crippen molar-refractivity contribution in [3.05, 3.63) is 47.8 Å². The van der Waals surface area contributed by atoms with Crippen molar-refractivity contribution in [3.8, 4) is 16.9 Å². The Morgan fingerprint density at radius 1 is 1.00 bits per heavy atom. The van der Waals surface area contributed by atoms with Gasteiger partial charge in [0.15, 0.2) is 6.29 Å². The Morgan fingerprint density at radius 3 is 2.26 bits per heavy atom. The Kier molecular flexibility index (Phi) is 4.31. The van der Waals surface area contributed by atoms with Gasteiger partial charge in [-0.2, -0.15) is 13.2 Å². The molecule has 0 radical (unpaired) electrons. The first-order valence-corrected chi connectivity index (χ1v) is 5.99. The number of aromatic nitrogens is 1. The Labute approximate surface area is 125 Å². The number of benzene rings is 1. The van der Waals surface area contributed by atoms with Crippen molar-refractivity contribution in [1.29, 1.82) is 0 Å². The van der Waals surface area contributed by atoms with Gasteiger partial charge in [0.05, 0.1) is 5.56 Å². The molecule has 1 aromatic carbocycles. The largest absolute Gasteiger partial charge is 0.573 e. The molecule has 0 aliphatic rings. The van der Waals surface area contributed by atoms with Gasteiger partial charge in [0, 0.05) is 11.8 Å². The van der Waals surface area contributed by atoms with E-state index in [9.17, 15) is 31.1 Å². The van der Waals surface area contributed by atoms with Crippen molar-refractivity contribution in [2.45, 2.75) is 12.5 Å². The summed E-state index contributed by atoms with van der Waals surface area (Å²) in [7, 11) is 0. The lowest BCUT2D eigenvalue weighted by molar-refractivity contribution is -0.274. The van der Waals surface area contributed by atoms with Gasteiger partial charge < -0.3 is 4.74 Å². The first-order chi connectivity index (χ1) is 10.6. The molecule has 122 valence electrons. The van der Waals surface area contributed by atoms with Crippen LogP contribution in [0.25, 0.3) is 11.1 Å². The highest BCUT2D eigenvalue weighted by atomic mass is 19.4. The van der Waals surface area contributed by atoms with E-state index in [1.165, 1.54) is 12.1 Å². The smallest absolute Gasteiger partial charge is 0.406 e. The van der Waals surface area contributed by atoms with Gasteiger partial charge in [0.2, 0.25) is 0 Å². The summed E-state index contributed by atoms with van der Waals surface area (Å²) in [5.41, 5.74) is -2.14. The van der Waals surface area contributed by atoms with Gasteiger partial charge in [-0.3, -0.25) is 9.78 Å². The van der Waals surface area contributed by atoms with Crippen molar-refractivity contribution >= 4 is 6.29 Å². The third-order valence-corrected chi connectivity index (χ3v) is 2.74. The van der Waals surface area contributed by atoms with E-state index >= 15 is 0 Å². The molecular weight excluding hydrogens is 328 g/mol. The monoisotopic (exact) mass is 335 g/mol. The molecule has 3 nitrogen and oxygen atoms in total. The summed E-state index contributed by atoms with van der Waals surface area (Å²) >= 11 is 0. The minimum absolute atomic E-state index is 0.0298. The van der Waals surface area contributed by atoms with Crippen LogP contribution in [0.2, 0.25) is 0 Å². The zero-order valence-electron chi connectivity index (χ0n) is 11.1. The van der Waals surface area contributed by atoms with Crippen LogP contribution in [0.5, 0.6) is 5.75 Å². The summed E-state index contributed by atoms with van der Waals surface area (Å²) in [6.45, 7) is 0. The van der Waals surface area contributed by atoms with Gasteiger partial charge in [0.1, 0.15) is 11.4 Å². The average Bonchev–Trinajstić information content (AvgIpc) is 2.44. The fraction of sp³-hybridized carbons (Fsp3) is 0.143.